The van der Waals surface area contributed by atoms with Crippen LogP contribution in [-0.4, -0.2) is 42.7 Å². The second kappa shape index (κ2) is 9.66. The van der Waals surface area contributed by atoms with Crippen LogP contribution in [0.1, 0.15) is 20.3 Å². The van der Waals surface area contributed by atoms with E-state index < -0.39 is 8.80 Å². The minimum Gasteiger partial charge on any atom is -0.462 e. The maximum absolute atomic E-state index is 11.5. The van der Waals surface area contributed by atoms with Crippen molar-refractivity contribution in [1.82, 2.24) is 0 Å². The van der Waals surface area contributed by atoms with E-state index >= 15 is 0 Å². The lowest BCUT2D eigenvalue weighted by Gasteiger charge is -2.21. The first-order valence-corrected chi connectivity index (χ1v) is 6.87. The van der Waals surface area contributed by atoms with E-state index in [-0.39, 0.29) is 19.5 Å². The van der Waals surface area contributed by atoms with E-state index in [0.29, 0.717) is 12.2 Å². The van der Waals surface area contributed by atoms with Crippen LogP contribution in [0, 0.1) is 0 Å². The molecule has 17 heavy (non-hydrogen) atoms. The summed E-state index contributed by atoms with van der Waals surface area (Å²) in [6.07, 6.45) is 0.792. The van der Waals surface area contributed by atoms with Gasteiger partial charge in [-0.3, -0.25) is 0 Å². The molecule has 0 radical (unpaired) electrons. The third-order valence-electron chi connectivity index (χ3n) is 2.01. The molecule has 0 aliphatic heterocycles. The molecule has 0 heterocycles. The fourth-order valence-electron chi connectivity index (χ4n) is 1.06. The second-order valence-electron chi connectivity index (χ2n) is 3.18. The Kier molecular flexibility index (Phi) is 10.8. The molecule has 0 bridgehead atoms. The lowest BCUT2D eigenvalue weighted by atomic mass is 10.4. The molecule has 0 aliphatic carbocycles. The summed E-state index contributed by atoms with van der Waals surface area (Å²) in [7, 11) is 1.61. The van der Waals surface area contributed by atoms with Crippen molar-refractivity contribution in [3.05, 3.63) is 11.3 Å². The quantitative estimate of drug-likeness (QED) is 0.401. The monoisotopic (exact) mass is 282 g/mol. The van der Waals surface area contributed by atoms with Crippen LogP contribution in [0.25, 0.3) is 0 Å². The largest absolute Gasteiger partial charge is 0.529 e. The fourth-order valence-corrected chi connectivity index (χ4v) is 2.56. The molecule has 0 aromatic heterocycles. The van der Waals surface area contributed by atoms with Gasteiger partial charge in [-0.25, -0.2) is 4.79 Å². The van der Waals surface area contributed by atoms with E-state index in [0.717, 1.165) is 6.42 Å². The fraction of sp³-hybridized carbons (Fsp3) is 0.700. The topological polar surface area (TPSA) is 54.0 Å². The minimum absolute atomic E-state index is 0. The zero-order chi connectivity index (χ0) is 12.6. The van der Waals surface area contributed by atoms with Crippen molar-refractivity contribution in [3.63, 3.8) is 0 Å². The Labute approximate surface area is 111 Å². The summed E-state index contributed by atoms with van der Waals surface area (Å²) in [5.41, 5.74) is 2.01. The van der Waals surface area contributed by atoms with Gasteiger partial charge >= 0.3 is 14.8 Å². The summed E-state index contributed by atoms with van der Waals surface area (Å²) in [6, 6.07) is 0. The standard InChI is InChI=1S/C10H20O5Si.H2S/c1-6-7-15-10(11)9(2)8-16(12-3,13-4)14-5;/h8H,6-7H2,1-5H3;1H2. The molecule has 0 spiro atoms. The second-order valence-corrected chi connectivity index (χ2v) is 5.90. The lowest BCUT2D eigenvalue weighted by molar-refractivity contribution is -0.139. The minimum atomic E-state index is -2.85. The maximum Gasteiger partial charge on any atom is 0.529 e. The molecule has 0 atom stereocenters. The third kappa shape index (κ3) is 6.23. The average Bonchev–Trinajstić information content (AvgIpc) is 2.32. The van der Waals surface area contributed by atoms with Gasteiger partial charge < -0.3 is 18.0 Å². The molecule has 0 aromatic rings. The van der Waals surface area contributed by atoms with Crippen molar-refractivity contribution in [1.29, 1.82) is 0 Å². The zero-order valence-corrected chi connectivity index (χ0v) is 13.0. The molecule has 0 amide bonds. The predicted octanol–water partition coefficient (Wildman–Crippen LogP) is 1.42. The van der Waals surface area contributed by atoms with Crippen LogP contribution in [-0.2, 0) is 22.8 Å². The van der Waals surface area contributed by atoms with E-state index in [1.54, 1.807) is 12.6 Å². The van der Waals surface area contributed by atoms with Gasteiger partial charge in [-0.15, -0.1) is 0 Å². The van der Waals surface area contributed by atoms with Crippen molar-refractivity contribution < 1.29 is 22.8 Å². The summed E-state index contributed by atoms with van der Waals surface area (Å²) in [5, 5.41) is 0. The molecule has 0 saturated carbocycles. The Hall–Kier alpha value is -0.343. The van der Waals surface area contributed by atoms with E-state index in [2.05, 4.69) is 0 Å². The van der Waals surface area contributed by atoms with Gasteiger partial charge in [-0.2, -0.15) is 13.5 Å². The van der Waals surface area contributed by atoms with Gasteiger partial charge in [-0.1, -0.05) is 6.92 Å². The number of hydrogen-bond acceptors (Lipinski definition) is 5. The lowest BCUT2D eigenvalue weighted by Crippen LogP contribution is -2.41. The Morgan fingerprint density at radius 2 is 1.65 bits per heavy atom. The highest BCUT2D eigenvalue weighted by molar-refractivity contribution is 7.59. The summed E-state index contributed by atoms with van der Waals surface area (Å²) in [4.78, 5) is 11.5. The van der Waals surface area contributed by atoms with Crippen LogP contribution in [0.4, 0.5) is 0 Å². The molecule has 7 heteroatoms. The van der Waals surface area contributed by atoms with Crippen molar-refractivity contribution in [2.24, 2.45) is 0 Å². The zero-order valence-electron chi connectivity index (χ0n) is 11.0. The number of ether oxygens (including phenoxy) is 1. The number of carbonyl (C=O) groups is 1. The van der Waals surface area contributed by atoms with E-state index in [1.165, 1.54) is 21.3 Å². The van der Waals surface area contributed by atoms with Crippen LogP contribution in [0.2, 0.25) is 0 Å². The summed E-state index contributed by atoms with van der Waals surface area (Å²) in [6.45, 7) is 3.99. The average molecular weight is 282 g/mol. The number of esters is 1. The number of carbonyl (C=O) groups excluding carboxylic acids is 1. The van der Waals surface area contributed by atoms with Crippen LogP contribution >= 0.6 is 13.5 Å². The first-order chi connectivity index (χ1) is 7.55. The molecule has 0 aromatic carbocycles. The van der Waals surface area contributed by atoms with Gasteiger partial charge in [0.1, 0.15) is 0 Å². The summed E-state index contributed by atoms with van der Waals surface area (Å²) in [5.74, 6) is -0.370. The van der Waals surface area contributed by atoms with Crippen LogP contribution in [0.5, 0.6) is 0 Å². The highest BCUT2D eigenvalue weighted by Gasteiger charge is 2.36. The van der Waals surface area contributed by atoms with Crippen LogP contribution in [0.15, 0.2) is 11.3 Å². The summed E-state index contributed by atoms with van der Waals surface area (Å²) < 4.78 is 20.5. The molecular weight excluding hydrogens is 260 g/mol. The third-order valence-corrected chi connectivity index (χ3v) is 4.50. The van der Waals surface area contributed by atoms with E-state index in [4.69, 9.17) is 18.0 Å². The normalized spacial score (nSPS) is 11.9. The Bertz CT molecular complexity index is 245. The first-order valence-electron chi connectivity index (χ1n) is 5.07. The maximum atomic E-state index is 11.5. The highest BCUT2D eigenvalue weighted by atomic mass is 32.1. The Morgan fingerprint density at radius 3 is 2.00 bits per heavy atom. The van der Waals surface area contributed by atoms with Gasteiger partial charge in [0.2, 0.25) is 0 Å². The molecule has 102 valence electrons. The van der Waals surface area contributed by atoms with Gasteiger partial charge in [0.05, 0.1) is 6.61 Å². The van der Waals surface area contributed by atoms with Gasteiger partial charge in [0.25, 0.3) is 0 Å². The molecule has 5 nitrogen and oxygen atoms in total. The van der Waals surface area contributed by atoms with E-state index in [9.17, 15) is 4.79 Å². The molecule has 0 aliphatic rings. The summed E-state index contributed by atoms with van der Waals surface area (Å²) >= 11 is 0. The Balaban J connectivity index is 0. The molecule has 0 unspecified atom stereocenters. The first kappa shape index (κ1) is 19.0. The smallest absolute Gasteiger partial charge is 0.462 e. The van der Waals surface area contributed by atoms with Crippen molar-refractivity contribution in [3.8, 4) is 0 Å². The van der Waals surface area contributed by atoms with Crippen LogP contribution < -0.4 is 0 Å². The van der Waals surface area contributed by atoms with Crippen molar-refractivity contribution >= 4 is 28.3 Å². The number of rotatable bonds is 7. The van der Waals surface area contributed by atoms with Gasteiger partial charge in [0.15, 0.2) is 0 Å². The van der Waals surface area contributed by atoms with Crippen LogP contribution in [0.3, 0.4) is 0 Å². The predicted molar refractivity (Wildman–Crippen MR) is 72.2 cm³/mol. The van der Waals surface area contributed by atoms with Crippen molar-refractivity contribution in [2.75, 3.05) is 27.9 Å². The molecular formula is C10H22O5SSi. The van der Waals surface area contributed by atoms with E-state index in [1.807, 2.05) is 6.92 Å². The molecule has 0 saturated heterocycles. The Morgan fingerprint density at radius 1 is 1.18 bits per heavy atom. The molecule has 0 rings (SSSR count). The van der Waals surface area contributed by atoms with Gasteiger partial charge in [-0.05, 0) is 19.0 Å². The SMILES string of the molecule is CCCOC(=O)C(C)=C[Si](OC)(OC)OC.S. The molecule has 0 N–H and O–H groups in total. The van der Waals surface area contributed by atoms with Crippen molar-refractivity contribution in [2.45, 2.75) is 20.3 Å². The highest BCUT2D eigenvalue weighted by Crippen LogP contribution is 2.11. The van der Waals surface area contributed by atoms with Gasteiger partial charge in [0, 0.05) is 26.9 Å². The number of hydrogen-bond donors (Lipinski definition) is 0. The molecule has 0 fully saturated rings.